The van der Waals surface area contributed by atoms with Crippen LogP contribution in [0.3, 0.4) is 0 Å². The van der Waals surface area contributed by atoms with Crippen molar-refractivity contribution in [3.63, 3.8) is 0 Å². The number of aryl methyl sites for hydroxylation is 1. The lowest BCUT2D eigenvalue weighted by Gasteiger charge is -2.39. The fourth-order valence-electron chi connectivity index (χ4n) is 2.19. The van der Waals surface area contributed by atoms with Gasteiger partial charge in [-0.15, -0.1) is 0 Å². The zero-order valence-electron chi connectivity index (χ0n) is 9.07. The van der Waals surface area contributed by atoms with Gasteiger partial charge in [0, 0.05) is 17.5 Å². The molecule has 0 N–H and O–H groups in total. The fourth-order valence-corrected chi connectivity index (χ4v) is 3.77. The molecule has 3 rings (SSSR count). The van der Waals surface area contributed by atoms with Gasteiger partial charge in [0.2, 0.25) is 0 Å². The summed E-state index contributed by atoms with van der Waals surface area (Å²) in [6.45, 7) is 3.12. The van der Waals surface area contributed by atoms with Gasteiger partial charge in [-0.25, -0.2) is 0 Å². The van der Waals surface area contributed by atoms with Gasteiger partial charge in [0.05, 0.1) is 10.6 Å². The number of allylic oxidation sites excluding steroid dienone is 1. The third kappa shape index (κ3) is 1.36. The second kappa shape index (κ2) is 3.64. The Labute approximate surface area is 103 Å². The van der Waals surface area contributed by atoms with Crippen LogP contribution in [0, 0.1) is 0 Å². The summed E-state index contributed by atoms with van der Waals surface area (Å²) in [4.78, 5) is 13.3. The molecule has 0 spiro atoms. The monoisotopic (exact) mass is 256 g/mol. The van der Waals surface area contributed by atoms with Crippen molar-refractivity contribution in [3.05, 3.63) is 26.9 Å². The summed E-state index contributed by atoms with van der Waals surface area (Å²) >= 11 is 7.66. The third-order valence-corrected chi connectivity index (χ3v) is 4.84. The van der Waals surface area contributed by atoms with E-state index in [0.717, 1.165) is 29.8 Å². The molecule has 2 heterocycles. The lowest BCUT2D eigenvalue weighted by atomic mass is 10.1. The Balaban J connectivity index is 2.09. The second-order valence-electron chi connectivity index (χ2n) is 4.36. The molecule has 1 fully saturated rings. The summed E-state index contributed by atoms with van der Waals surface area (Å²) in [6, 6.07) is 0.473. The van der Waals surface area contributed by atoms with Crippen molar-refractivity contribution in [3.8, 4) is 0 Å². The number of fused-ring (bicyclic) bond motifs is 1. The molecule has 3 nitrogen and oxygen atoms in total. The molecule has 2 aliphatic rings. The van der Waals surface area contributed by atoms with E-state index in [-0.39, 0.29) is 5.56 Å². The first-order valence-electron chi connectivity index (χ1n) is 5.56. The molecule has 0 bridgehead atoms. The summed E-state index contributed by atoms with van der Waals surface area (Å²) in [5, 5.41) is 2.75. The molecule has 0 radical (unpaired) electrons. The largest absolute Gasteiger partial charge is 0.298 e. The van der Waals surface area contributed by atoms with Crippen molar-refractivity contribution in [2.24, 2.45) is 0 Å². The highest BCUT2D eigenvalue weighted by Crippen LogP contribution is 2.30. The molecule has 5 heteroatoms. The number of hydrogen-bond acceptors (Lipinski definition) is 3. The molecular formula is C11H13ClN2OS. The molecule has 0 unspecified atom stereocenters. The fraction of sp³-hybridized carbons (Fsp3) is 0.545. The average molecular weight is 257 g/mol. The van der Waals surface area contributed by atoms with Crippen LogP contribution in [0.4, 0.5) is 0 Å². The van der Waals surface area contributed by atoms with E-state index in [9.17, 15) is 4.79 Å². The quantitative estimate of drug-likeness (QED) is 0.770. The Hall–Kier alpha value is -0.740. The first-order chi connectivity index (χ1) is 7.68. The number of aromatic nitrogens is 1. The Bertz CT molecular complexity index is 517. The molecular weight excluding hydrogens is 244 g/mol. The molecule has 16 heavy (non-hydrogen) atoms. The van der Waals surface area contributed by atoms with E-state index in [4.69, 9.17) is 11.6 Å². The van der Waals surface area contributed by atoms with Crippen molar-refractivity contribution >= 4 is 28.2 Å². The average Bonchev–Trinajstić information content (AvgIpc) is 2.56. The van der Waals surface area contributed by atoms with E-state index < -0.39 is 0 Å². The first-order valence-corrected chi connectivity index (χ1v) is 6.72. The minimum absolute atomic E-state index is 0.0625. The molecule has 1 aliphatic heterocycles. The van der Waals surface area contributed by atoms with Crippen LogP contribution < -0.4 is 10.6 Å². The molecule has 1 aromatic rings. The summed E-state index contributed by atoms with van der Waals surface area (Å²) in [5.74, 6) is 0. The zero-order valence-corrected chi connectivity index (χ0v) is 10.6. The van der Waals surface area contributed by atoms with Crippen LogP contribution >= 0.6 is 23.1 Å². The number of halogens is 1. The molecule has 1 saturated heterocycles. The number of nitrogens with zero attached hydrogens (tertiary/aromatic N) is 2. The Kier molecular flexibility index (Phi) is 2.37. The number of hydrogen-bond donors (Lipinski definition) is 0. The van der Waals surface area contributed by atoms with Gasteiger partial charge in [-0.1, -0.05) is 17.7 Å². The predicted octanol–water partition coefficient (Wildman–Crippen LogP) is 2.17. The summed E-state index contributed by atoms with van der Waals surface area (Å²) in [6.07, 6.45) is 5.00. The van der Waals surface area contributed by atoms with Crippen LogP contribution in [-0.4, -0.2) is 16.7 Å². The van der Waals surface area contributed by atoms with E-state index in [1.165, 1.54) is 6.42 Å². The second-order valence-corrected chi connectivity index (χ2v) is 5.79. The summed E-state index contributed by atoms with van der Waals surface area (Å²) < 4.78 is 1.79. The summed E-state index contributed by atoms with van der Waals surface area (Å²) in [7, 11) is 0. The molecule has 0 amide bonds. The maximum atomic E-state index is 12.2. The van der Waals surface area contributed by atoms with Gasteiger partial charge in [0.1, 0.15) is 0 Å². The highest BCUT2D eigenvalue weighted by atomic mass is 35.5. The molecule has 1 aliphatic carbocycles. The third-order valence-electron chi connectivity index (χ3n) is 3.31. The van der Waals surface area contributed by atoms with Gasteiger partial charge < -0.3 is 0 Å². The standard InChI is InChI=1S/C11H13ClN2OS/c1-7-5-6-13(7)14-11(15)10-8(12)3-2-4-9(10)16-14/h3,7H,2,4-6H2,1H3/t7-/m0/s1. The van der Waals surface area contributed by atoms with Crippen molar-refractivity contribution < 1.29 is 0 Å². The molecule has 1 atom stereocenters. The topological polar surface area (TPSA) is 25.2 Å². The Morgan fingerprint density at radius 1 is 1.56 bits per heavy atom. The van der Waals surface area contributed by atoms with E-state index in [0.29, 0.717) is 11.1 Å². The van der Waals surface area contributed by atoms with E-state index >= 15 is 0 Å². The lowest BCUT2D eigenvalue weighted by molar-refractivity contribution is 0.384. The van der Waals surface area contributed by atoms with Crippen molar-refractivity contribution in [2.75, 3.05) is 11.6 Å². The molecule has 0 saturated carbocycles. The van der Waals surface area contributed by atoms with Crippen LogP contribution in [0.15, 0.2) is 10.9 Å². The highest BCUT2D eigenvalue weighted by molar-refractivity contribution is 7.06. The van der Waals surface area contributed by atoms with E-state index in [1.807, 2.05) is 6.08 Å². The lowest BCUT2D eigenvalue weighted by Crippen LogP contribution is -2.55. The minimum atomic E-state index is 0.0625. The van der Waals surface area contributed by atoms with Crippen LogP contribution in [-0.2, 0) is 6.42 Å². The normalized spacial score (nSPS) is 23.8. The summed E-state index contributed by atoms with van der Waals surface area (Å²) in [5.41, 5.74) is 0.796. The predicted molar refractivity (Wildman–Crippen MR) is 67.9 cm³/mol. The Morgan fingerprint density at radius 2 is 2.38 bits per heavy atom. The van der Waals surface area contributed by atoms with E-state index in [1.54, 1.807) is 15.6 Å². The van der Waals surface area contributed by atoms with Gasteiger partial charge >= 0.3 is 0 Å². The molecule has 1 aromatic heterocycles. The smallest absolute Gasteiger partial charge is 0.288 e. The van der Waals surface area contributed by atoms with Gasteiger partial charge in [0.25, 0.3) is 5.56 Å². The minimum Gasteiger partial charge on any atom is -0.298 e. The first kappa shape index (κ1) is 10.4. The van der Waals surface area contributed by atoms with Crippen molar-refractivity contribution in [2.45, 2.75) is 32.2 Å². The number of rotatable bonds is 1. The van der Waals surface area contributed by atoms with Crippen molar-refractivity contribution in [1.29, 1.82) is 0 Å². The maximum Gasteiger partial charge on any atom is 0.288 e. The SMILES string of the molecule is C[C@H]1CCN1n1sc2c(c1=O)C(Cl)=CCC2. The van der Waals surface area contributed by atoms with E-state index in [2.05, 4.69) is 11.9 Å². The zero-order chi connectivity index (χ0) is 11.3. The maximum absolute atomic E-state index is 12.2. The van der Waals surface area contributed by atoms with Gasteiger partial charge in [0.15, 0.2) is 0 Å². The van der Waals surface area contributed by atoms with Crippen LogP contribution in [0.5, 0.6) is 0 Å². The van der Waals surface area contributed by atoms with Crippen molar-refractivity contribution in [1.82, 2.24) is 4.07 Å². The van der Waals surface area contributed by atoms with Gasteiger partial charge in [-0.2, -0.15) is 4.07 Å². The Morgan fingerprint density at radius 3 is 2.94 bits per heavy atom. The van der Waals surface area contributed by atoms with Crippen LogP contribution in [0.25, 0.3) is 5.03 Å². The highest BCUT2D eigenvalue weighted by Gasteiger charge is 2.29. The molecule has 0 aromatic carbocycles. The van der Waals surface area contributed by atoms with Crippen LogP contribution in [0.2, 0.25) is 0 Å². The van der Waals surface area contributed by atoms with Crippen LogP contribution in [0.1, 0.15) is 30.2 Å². The molecule has 86 valence electrons. The van der Waals surface area contributed by atoms with Gasteiger partial charge in [-0.05, 0) is 37.7 Å². The van der Waals surface area contributed by atoms with Gasteiger partial charge in [-0.3, -0.25) is 9.80 Å².